The average Bonchev–Trinajstić information content (AvgIpc) is 2.81. The van der Waals surface area contributed by atoms with Crippen molar-refractivity contribution in [2.45, 2.75) is 33.4 Å². The molecule has 3 aromatic rings. The number of hydrogen-bond donors (Lipinski definition) is 3. The van der Waals surface area contributed by atoms with E-state index in [1.54, 1.807) is 30.3 Å². The van der Waals surface area contributed by atoms with Gasteiger partial charge in [0.05, 0.1) is 0 Å². The smallest absolute Gasteiger partial charge is 0.255 e. The Balaban J connectivity index is 1.60. The molecule has 0 saturated heterocycles. The lowest BCUT2D eigenvalue weighted by Crippen LogP contribution is -2.49. The van der Waals surface area contributed by atoms with Crippen molar-refractivity contribution < 1.29 is 18.8 Å². The molecule has 0 aliphatic rings. The highest BCUT2D eigenvalue weighted by molar-refractivity contribution is 6.04. The predicted molar refractivity (Wildman–Crippen MR) is 130 cm³/mol. The van der Waals surface area contributed by atoms with E-state index in [-0.39, 0.29) is 29.8 Å². The zero-order chi connectivity index (χ0) is 24.7. The zero-order valence-electron chi connectivity index (χ0n) is 19.4. The van der Waals surface area contributed by atoms with Gasteiger partial charge in [-0.3, -0.25) is 14.4 Å². The quantitative estimate of drug-likeness (QED) is 0.463. The molecule has 1 atom stereocenters. The summed E-state index contributed by atoms with van der Waals surface area (Å²) in [4.78, 5) is 37.7. The van der Waals surface area contributed by atoms with Crippen LogP contribution < -0.4 is 16.0 Å². The molecule has 3 N–H and O–H groups in total. The summed E-state index contributed by atoms with van der Waals surface area (Å²) in [7, 11) is 0. The second-order valence-electron chi connectivity index (χ2n) is 8.44. The van der Waals surface area contributed by atoms with Gasteiger partial charge >= 0.3 is 0 Å². The van der Waals surface area contributed by atoms with E-state index in [4.69, 9.17) is 0 Å². The van der Waals surface area contributed by atoms with Gasteiger partial charge in [0.2, 0.25) is 5.91 Å². The van der Waals surface area contributed by atoms with Crippen LogP contribution in [0.4, 0.5) is 10.1 Å². The van der Waals surface area contributed by atoms with Crippen molar-refractivity contribution >= 4 is 23.4 Å². The van der Waals surface area contributed by atoms with E-state index in [1.807, 2.05) is 39.0 Å². The number of halogens is 1. The molecule has 3 amide bonds. The highest BCUT2D eigenvalue weighted by atomic mass is 19.1. The molecular weight excluding hydrogens is 433 g/mol. The predicted octanol–water partition coefficient (Wildman–Crippen LogP) is 4.46. The number of carbonyl (C=O) groups excluding carboxylic acids is 3. The van der Waals surface area contributed by atoms with Crippen LogP contribution in [0.25, 0.3) is 0 Å². The third-order valence-corrected chi connectivity index (χ3v) is 5.31. The molecule has 0 bridgehead atoms. The largest absolute Gasteiger partial charge is 0.350 e. The van der Waals surface area contributed by atoms with Crippen LogP contribution in [0.3, 0.4) is 0 Å². The summed E-state index contributed by atoms with van der Waals surface area (Å²) >= 11 is 0. The highest BCUT2D eigenvalue weighted by Gasteiger charge is 2.24. The summed E-state index contributed by atoms with van der Waals surface area (Å²) in [6, 6.07) is 18.9. The summed E-state index contributed by atoms with van der Waals surface area (Å²) in [5.41, 5.74) is 3.31. The first-order valence-corrected chi connectivity index (χ1v) is 11.0. The van der Waals surface area contributed by atoms with Crippen LogP contribution in [0.2, 0.25) is 0 Å². The molecular formula is C27H28FN3O3. The standard InChI is InChI=1S/C27H28FN3O3/c1-17(2)24(31-26(33)21-11-13-22(28)14-12-21)27(34)29-16-19-5-4-6-23(15-19)30-25(32)20-9-7-18(3)8-10-20/h4-15,17,24H,16H2,1-3H3,(H,29,34)(H,30,32)(H,31,33). The van der Waals surface area contributed by atoms with Gasteiger partial charge < -0.3 is 16.0 Å². The van der Waals surface area contributed by atoms with E-state index in [1.165, 1.54) is 24.3 Å². The summed E-state index contributed by atoms with van der Waals surface area (Å²) in [5.74, 6) is -1.60. The fraction of sp³-hybridized carbons (Fsp3) is 0.222. The van der Waals surface area contributed by atoms with Crippen molar-refractivity contribution in [3.05, 3.63) is 101 Å². The molecule has 3 aromatic carbocycles. The van der Waals surface area contributed by atoms with Crippen LogP contribution in [-0.2, 0) is 11.3 Å². The fourth-order valence-electron chi connectivity index (χ4n) is 3.33. The molecule has 0 fully saturated rings. The first kappa shape index (κ1) is 24.6. The molecule has 34 heavy (non-hydrogen) atoms. The number of hydrogen-bond acceptors (Lipinski definition) is 3. The minimum absolute atomic E-state index is 0.162. The molecule has 1 unspecified atom stereocenters. The van der Waals surface area contributed by atoms with Crippen LogP contribution in [0.1, 0.15) is 45.7 Å². The minimum atomic E-state index is -0.762. The molecule has 0 aromatic heterocycles. The van der Waals surface area contributed by atoms with E-state index in [9.17, 15) is 18.8 Å². The molecule has 0 radical (unpaired) electrons. The van der Waals surface area contributed by atoms with E-state index in [0.29, 0.717) is 11.3 Å². The van der Waals surface area contributed by atoms with Crippen molar-refractivity contribution in [1.29, 1.82) is 0 Å². The second kappa shape index (κ2) is 11.2. The Labute approximate surface area is 198 Å². The summed E-state index contributed by atoms with van der Waals surface area (Å²) in [6.07, 6.45) is 0. The number of aryl methyl sites for hydroxylation is 1. The summed E-state index contributed by atoms with van der Waals surface area (Å²) in [5, 5.41) is 8.42. The molecule has 7 heteroatoms. The Morgan fingerprint density at radius 1 is 0.853 bits per heavy atom. The Hall–Kier alpha value is -4.00. The van der Waals surface area contributed by atoms with Gasteiger partial charge in [0, 0.05) is 23.4 Å². The molecule has 176 valence electrons. The molecule has 6 nitrogen and oxygen atoms in total. The molecule has 0 spiro atoms. The van der Waals surface area contributed by atoms with Crippen LogP contribution in [0.15, 0.2) is 72.8 Å². The SMILES string of the molecule is Cc1ccc(C(=O)Nc2cccc(CNC(=O)C(NC(=O)c3ccc(F)cc3)C(C)C)c2)cc1. The third kappa shape index (κ3) is 6.75. The average molecular weight is 462 g/mol. The van der Waals surface area contributed by atoms with E-state index < -0.39 is 17.8 Å². The van der Waals surface area contributed by atoms with E-state index in [2.05, 4.69) is 16.0 Å². The van der Waals surface area contributed by atoms with Gasteiger partial charge in [0.25, 0.3) is 11.8 Å². The van der Waals surface area contributed by atoms with Crippen LogP contribution in [0, 0.1) is 18.7 Å². The number of carbonyl (C=O) groups is 3. The molecule has 0 saturated carbocycles. The number of rotatable bonds is 8. The van der Waals surface area contributed by atoms with E-state index in [0.717, 1.165) is 11.1 Å². The van der Waals surface area contributed by atoms with Gasteiger partial charge in [-0.1, -0.05) is 43.7 Å². The second-order valence-corrected chi connectivity index (χ2v) is 8.44. The van der Waals surface area contributed by atoms with Gasteiger partial charge in [-0.2, -0.15) is 0 Å². The topological polar surface area (TPSA) is 87.3 Å². The van der Waals surface area contributed by atoms with Crippen molar-refractivity contribution in [1.82, 2.24) is 10.6 Å². The maximum Gasteiger partial charge on any atom is 0.255 e. The third-order valence-electron chi connectivity index (χ3n) is 5.31. The number of anilines is 1. The lowest BCUT2D eigenvalue weighted by molar-refractivity contribution is -0.124. The zero-order valence-corrected chi connectivity index (χ0v) is 19.4. The Morgan fingerprint density at radius 3 is 2.12 bits per heavy atom. The number of benzene rings is 3. The monoisotopic (exact) mass is 461 g/mol. The van der Waals surface area contributed by atoms with Gasteiger partial charge in [0.1, 0.15) is 11.9 Å². The first-order chi connectivity index (χ1) is 16.2. The van der Waals surface area contributed by atoms with Crippen molar-refractivity contribution in [3.63, 3.8) is 0 Å². The minimum Gasteiger partial charge on any atom is -0.350 e. The van der Waals surface area contributed by atoms with Crippen molar-refractivity contribution in [3.8, 4) is 0 Å². The Kier molecular flexibility index (Phi) is 8.14. The van der Waals surface area contributed by atoms with E-state index >= 15 is 0 Å². The molecule has 3 rings (SSSR count). The van der Waals surface area contributed by atoms with Gasteiger partial charge in [-0.15, -0.1) is 0 Å². The maximum atomic E-state index is 13.1. The van der Waals surface area contributed by atoms with Crippen molar-refractivity contribution in [2.24, 2.45) is 5.92 Å². The summed E-state index contributed by atoms with van der Waals surface area (Å²) in [6.45, 7) is 5.84. The maximum absolute atomic E-state index is 13.1. The molecule has 0 aliphatic carbocycles. The van der Waals surface area contributed by atoms with Crippen LogP contribution >= 0.6 is 0 Å². The number of nitrogens with one attached hydrogen (secondary N) is 3. The molecule has 0 heterocycles. The Bertz CT molecular complexity index is 1160. The lowest BCUT2D eigenvalue weighted by Gasteiger charge is -2.22. The normalized spacial score (nSPS) is 11.6. The van der Waals surface area contributed by atoms with Crippen LogP contribution in [-0.4, -0.2) is 23.8 Å². The first-order valence-electron chi connectivity index (χ1n) is 11.0. The number of amides is 3. The summed E-state index contributed by atoms with van der Waals surface area (Å²) < 4.78 is 13.1. The fourth-order valence-corrected chi connectivity index (χ4v) is 3.33. The van der Waals surface area contributed by atoms with Gasteiger partial charge in [-0.25, -0.2) is 4.39 Å². The van der Waals surface area contributed by atoms with Crippen LogP contribution in [0.5, 0.6) is 0 Å². The van der Waals surface area contributed by atoms with Gasteiger partial charge in [0.15, 0.2) is 0 Å². The lowest BCUT2D eigenvalue weighted by atomic mass is 10.0. The van der Waals surface area contributed by atoms with Crippen molar-refractivity contribution in [2.75, 3.05) is 5.32 Å². The van der Waals surface area contributed by atoms with Gasteiger partial charge in [-0.05, 0) is 66.9 Å². The molecule has 0 aliphatic heterocycles. The Morgan fingerprint density at radius 2 is 1.47 bits per heavy atom. The highest BCUT2D eigenvalue weighted by Crippen LogP contribution is 2.14.